The summed E-state index contributed by atoms with van der Waals surface area (Å²) in [6.45, 7) is 9.23. The Balaban J connectivity index is 1.91. The third-order valence-corrected chi connectivity index (χ3v) is 4.74. The van der Waals surface area contributed by atoms with Gasteiger partial charge in [-0.25, -0.2) is 0 Å². The zero-order valence-corrected chi connectivity index (χ0v) is 12.7. The summed E-state index contributed by atoms with van der Waals surface area (Å²) in [4.78, 5) is 14.5. The van der Waals surface area contributed by atoms with Gasteiger partial charge >= 0.3 is 5.97 Å². The van der Waals surface area contributed by atoms with Gasteiger partial charge in [-0.3, -0.25) is 9.69 Å². The number of likely N-dealkylation sites (tertiary alicyclic amines) is 1. The van der Waals surface area contributed by atoms with E-state index in [4.69, 9.17) is 4.74 Å². The molecule has 0 radical (unpaired) electrons. The predicted molar refractivity (Wildman–Crippen MR) is 76.9 cm³/mol. The van der Waals surface area contributed by atoms with E-state index in [-0.39, 0.29) is 11.9 Å². The SMILES string of the molecule is CCOC(=O)C1CCCN(C2CC(C)CC(C)C2)C1. The maximum Gasteiger partial charge on any atom is 0.310 e. The van der Waals surface area contributed by atoms with Crippen LogP contribution < -0.4 is 0 Å². The van der Waals surface area contributed by atoms with Gasteiger partial charge in [0.25, 0.3) is 0 Å². The maximum atomic E-state index is 11.9. The number of carbonyl (C=O) groups is 1. The van der Waals surface area contributed by atoms with Crippen molar-refractivity contribution >= 4 is 5.97 Å². The molecule has 3 heteroatoms. The van der Waals surface area contributed by atoms with Crippen molar-refractivity contribution in [2.24, 2.45) is 17.8 Å². The summed E-state index contributed by atoms with van der Waals surface area (Å²) in [5.74, 6) is 1.79. The van der Waals surface area contributed by atoms with Crippen LogP contribution >= 0.6 is 0 Å². The van der Waals surface area contributed by atoms with E-state index in [2.05, 4.69) is 18.7 Å². The Morgan fingerprint density at radius 1 is 1.21 bits per heavy atom. The van der Waals surface area contributed by atoms with Crippen LogP contribution in [-0.4, -0.2) is 36.6 Å². The van der Waals surface area contributed by atoms with Gasteiger partial charge in [-0.15, -0.1) is 0 Å². The normalized spacial score (nSPS) is 37.0. The summed E-state index contributed by atoms with van der Waals surface area (Å²) in [5, 5.41) is 0. The Kier molecular flexibility index (Phi) is 5.26. The molecule has 2 fully saturated rings. The van der Waals surface area contributed by atoms with Gasteiger partial charge in [0.05, 0.1) is 12.5 Å². The Bertz CT molecular complexity index is 295. The molecule has 0 amide bonds. The van der Waals surface area contributed by atoms with Gasteiger partial charge in [-0.2, -0.15) is 0 Å². The van der Waals surface area contributed by atoms with E-state index in [9.17, 15) is 4.79 Å². The lowest BCUT2D eigenvalue weighted by Gasteiger charge is -2.42. The van der Waals surface area contributed by atoms with E-state index >= 15 is 0 Å². The quantitative estimate of drug-likeness (QED) is 0.736. The van der Waals surface area contributed by atoms with Crippen LogP contribution in [0.4, 0.5) is 0 Å². The monoisotopic (exact) mass is 267 g/mol. The van der Waals surface area contributed by atoms with E-state index in [1.54, 1.807) is 0 Å². The number of rotatable bonds is 3. The number of esters is 1. The number of hydrogen-bond acceptors (Lipinski definition) is 3. The molecule has 1 aliphatic heterocycles. The molecule has 0 N–H and O–H groups in total. The second-order valence-corrected chi connectivity index (χ2v) is 6.66. The highest BCUT2D eigenvalue weighted by Gasteiger charge is 2.33. The molecule has 1 aliphatic carbocycles. The van der Waals surface area contributed by atoms with E-state index in [1.807, 2.05) is 6.92 Å². The standard InChI is InChI=1S/C16H29NO2/c1-4-19-16(18)14-6-5-7-17(11-14)15-9-12(2)8-13(3)10-15/h12-15H,4-11H2,1-3H3. The summed E-state index contributed by atoms with van der Waals surface area (Å²) in [6, 6.07) is 0.691. The smallest absolute Gasteiger partial charge is 0.310 e. The van der Waals surface area contributed by atoms with Gasteiger partial charge in [0, 0.05) is 12.6 Å². The Hall–Kier alpha value is -0.570. The number of ether oxygens (including phenoxy) is 1. The van der Waals surface area contributed by atoms with Crippen molar-refractivity contribution in [3.05, 3.63) is 0 Å². The molecule has 19 heavy (non-hydrogen) atoms. The van der Waals surface area contributed by atoms with Crippen LogP contribution in [0.25, 0.3) is 0 Å². The molecule has 2 aliphatic rings. The summed E-state index contributed by atoms with van der Waals surface area (Å²) < 4.78 is 5.19. The molecule has 110 valence electrons. The fraction of sp³-hybridized carbons (Fsp3) is 0.938. The lowest BCUT2D eigenvalue weighted by atomic mass is 9.79. The molecule has 0 aromatic heterocycles. The highest BCUT2D eigenvalue weighted by molar-refractivity contribution is 5.72. The minimum absolute atomic E-state index is 0.0177. The molecule has 3 unspecified atom stereocenters. The van der Waals surface area contributed by atoms with Gasteiger partial charge in [-0.1, -0.05) is 13.8 Å². The van der Waals surface area contributed by atoms with Crippen molar-refractivity contribution < 1.29 is 9.53 Å². The molecule has 0 aromatic rings. The first-order valence-electron chi connectivity index (χ1n) is 8.00. The van der Waals surface area contributed by atoms with Crippen LogP contribution in [-0.2, 0) is 9.53 Å². The summed E-state index contributed by atoms with van der Waals surface area (Å²) >= 11 is 0. The maximum absolute atomic E-state index is 11.9. The summed E-state index contributed by atoms with van der Waals surface area (Å²) in [6.07, 6.45) is 6.13. The fourth-order valence-corrected chi connectivity index (χ4v) is 3.99. The zero-order valence-electron chi connectivity index (χ0n) is 12.7. The van der Waals surface area contributed by atoms with Crippen molar-refractivity contribution in [2.75, 3.05) is 19.7 Å². The molecule has 0 bridgehead atoms. The van der Waals surface area contributed by atoms with Gasteiger partial charge < -0.3 is 4.74 Å². The predicted octanol–water partition coefficient (Wildman–Crippen LogP) is 3.09. The minimum Gasteiger partial charge on any atom is -0.466 e. The van der Waals surface area contributed by atoms with Crippen LogP contribution in [0.5, 0.6) is 0 Å². The molecule has 0 aromatic carbocycles. The fourth-order valence-electron chi connectivity index (χ4n) is 3.99. The Labute approximate surface area is 117 Å². The second kappa shape index (κ2) is 6.74. The molecule has 1 saturated heterocycles. The highest BCUT2D eigenvalue weighted by Crippen LogP contribution is 2.33. The number of nitrogens with zero attached hydrogens (tertiary/aromatic N) is 1. The van der Waals surface area contributed by atoms with E-state index in [1.165, 1.54) is 25.8 Å². The molecule has 1 heterocycles. The van der Waals surface area contributed by atoms with Crippen molar-refractivity contribution in [1.29, 1.82) is 0 Å². The number of hydrogen-bond donors (Lipinski definition) is 0. The average molecular weight is 267 g/mol. The van der Waals surface area contributed by atoms with E-state index in [0.29, 0.717) is 12.6 Å². The first-order chi connectivity index (χ1) is 9.10. The summed E-state index contributed by atoms with van der Waals surface area (Å²) in [7, 11) is 0. The summed E-state index contributed by atoms with van der Waals surface area (Å²) in [5.41, 5.74) is 0. The van der Waals surface area contributed by atoms with Gasteiger partial charge in [-0.05, 0) is 57.4 Å². The molecular weight excluding hydrogens is 238 g/mol. The molecule has 0 spiro atoms. The minimum atomic E-state index is 0.0177. The van der Waals surface area contributed by atoms with Crippen LogP contribution in [0.3, 0.4) is 0 Å². The molecule has 2 rings (SSSR count). The Morgan fingerprint density at radius 3 is 2.53 bits per heavy atom. The van der Waals surface area contributed by atoms with Crippen LogP contribution in [0.1, 0.15) is 52.9 Å². The molecular formula is C16H29NO2. The molecule has 1 saturated carbocycles. The van der Waals surface area contributed by atoms with E-state index < -0.39 is 0 Å². The van der Waals surface area contributed by atoms with Gasteiger partial charge in [0.2, 0.25) is 0 Å². The van der Waals surface area contributed by atoms with Crippen molar-refractivity contribution in [2.45, 2.75) is 58.9 Å². The number of piperidine rings is 1. The van der Waals surface area contributed by atoms with Crippen LogP contribution in [0.15, 0.2) is 0 Å². The second-order valence-electron chi connectivity index (χ2n) is 6.66. The molecule has 3 nitrogen and oxygen atoms in total. The lowest BCUT2D eigenvalue weighted by Crippen LogP contribution is -2.47. The van der Waals surface area contributed by atoms with Gasteiger partial charge in [0.15, 0.2) is 0 Å². The zero-order chi connectivity index (χ0) is 13.8. The largest absolute Gasteiger partial charge is 0.466 e. The third-order valence-electron chi connectivity index (χ3n) is 4.74. The average Bonchev–Trinajstić information content (AvgIpc) is 2.38. The number of carbonyl (C=O) groups excluding carboxylic acids is 1. The van der Waals surface area contributed by atoms with E-state index in [0.717, 1.165) is 31.2 Å². The topological polar surface area (TPSA) is 29.5 Å². The lowest BCUT2D eigenvalue weighted by molar-refractivity contribution is -0.150. The van der Waals surface area contributed by atoms with Crippen molar-refractivity contribution in [1.82, 2.24) is 4.90 Å². The Morgan fingerprint density at radius 2 is 1.89 bits per heavy atom. The molecule has 3 atom stereocenters. The highest BCUT2D eigenvalue weighted by atomic mass is 16.5. The van der Waals surface area contributed by atoms with Crippen LogP contribution in [0, 0.1) is 17.8 Å². The van der Waals surface area contributed by atoms with Crippen molar-refractivity contribution in [3.8, 4) is 0 Å². The van der Waals surface area contributed by atoms with Crippen molar-refractivity contribution in [3.63, 3.8) is 0 Å². The van der Waals surface area contributed by atoms with Gasteiger partial charge in [0.1, 0.15) is 0 Å². The van der Waals surface area contributed by atoms with Crippen LogP contribution in [0.2, 0.25) is 0 Å². The first-order valence-corrected chi connectivity index (χ1v) is 8.00. The third kappa shape index (κ3) is 3.95. The first kappa shape index (κ1) is 14.8.